The molecular weight excluding hydrogens is 445 g/mol. The van der Waals surface area contributed by atoms with Crippen molar-refractivity contribution in [3.05, 3.63) is 47.8 Å². The second kappa shape index (κ2) is 9.18. The van der Waals surface area contributed by atoms with Crippen molar-refractivity contribution in [2.24, 2.45) is 5.92 Å². The van der Waals surface area contributed by atoms with E-state index >= 15 is 0 Å². The van der Waals surface area contributed by atoms with Crippen LogP contribution in [0.4, 0.5) is 10.1 Å². The molecule has 1 atom stereocenters. The minimum Gasteiger partial charge on any atom is -0.326 e. The molecule has 4 rings (SSSR count). The monoisotopic (exact) mass is 473 g/mol. The molecule has 0 saturated carbocycles. The van der Waals surface area contributed by atoms with Gasteiger partial charge in [-0.05, 0) is 69.0 Å². The standard InChI is InChI=1S/C23H28FN5O3S/c1-4-16(3)29-22-8-7-19(14-21(22)26-27-29)33(31,32)28-11-9-17(10-12-28)23(30)25-18-6-5-15(2)20(24)13-18/h5-8,13-14,16-17H,4,9-12H2,1-3H3,(H,25,30)/t16-/m1/s1. The van der Waals surface area contributed by atoms with Crippen LogP contribution in [0, 0.1) is 18.7 Å². The van der Waals surface area contributed by atoms with Crippen LogP contribution in [0.25, 0.3) is 11.0 Å². The van der Waals surface area contributed by atoms with Crippen molar-refractivity contribution in [2.75, 3.05) is 18.4 Å². The fourth-order valence-corrected chi connectivity index (χ4v) is 5.49. The Kier molecular flexibility index (Phi) is 6.49. The van der Waals surface area contributed by atoms with Gasteiger partial charge in [0.15, 0.2) is 0 Å². The first kappa shape index (κ1) is 23.3. The fraction of sp³-hybridized carbons (Fsp3) is 0.435. The summed E-state index contributed by atoms with van der Waals surface area (Å²) < 4.78 is 43.3. The van der Waals surface area contributed by atoms with Gasteiger partial charge in [-0.3, -0.25) is 4.79 Å². The summed E-state index contributed by atoms with van der Waals surface area (Å²) in [6.07, 6.45) is 1.68. The van der Waals surface area contributed by atoms with Gasteiger partial charge in [-0.2, -0.15) is 4.31 Å². The first-order chi connectivity index (χ1) is 15.7. The molecule has 0 spiro atoms. The third-order valence-corrected chi connectivity index (χ3v) is 8.25. The summed E-state index contributed by atoms with van der Waals surface area (Å²) in [5.41, 5.74) is 2.24. The maximum absolute atomic E-state index is 13.7. The van der Waals surface area contributed by atoms with Crippen LogP contribution in [-0.4, -0.2) is 46.7 Å². The zero-order valence-electron chi connectivity index (χ0n) is 19.0. The second-order valence-electron chi connectivity index (χ2n) is 8.57. The van der Waals surface area contributed by atoms with Gasteiger partial charge in [0.2, 0.25) is 15.9 Å². The molecule has 1 amide bonds. The molecule has 1 fully saturated rings. The predicted octanol–water partition coefficient (Wildman–Crippen LogP) is 3.89. The Bertz CT molecular complexity index is 1280. The molecule has 1 aromatic heterocycles. The molecule has 1 saturated heterocycles. The van der Waals surface area contributed by atoms with Crippen LogP contribution in [-0.2, 0) is 14.8 Å². The topological polar surface area (TPSA) is 97.2 Å². The van der Waals surface area contributed by atoms with Gasteiger partial charge in [-0.1, -0.05) is 18.2 Å². The highest BCUT2D eigenvalue weighted by molar-refractivity contribution is 7.89. The average Bonchev–Trinajstić information content (AvgIpc) is 3.24. The zero-order chi connectivity index (χ0) is 23.8. The Balaban J connectivity index is 1.43. The molecule has 1 aliphatic heterocycles. The lowest BCUT2D eigenvalue weighted by Crippen LogP contribution is -2.41. The maximum atomic E-state index is 13.7. The number of aromatic nitrogens is 3. The van der Waals surface area contributed by atoms with Crippen molar-refractivity contribution in [1.29, 1.82) is 0 Å². The number of rotatable bonds is 6. The van der Waals surface area contributed by atoms with E-state index in [1.54, 1.807) is 41.9 Å². The fourth-order valence-electron chi connectivity index (χ4n) is 4.00. The number of aryl methyl sites for hydroxylation is 1. The van der Waals surface area contributed by atoms with E-state index in [1.807, 2.05) is 6.92 Å². The molecule has 2 heterocycles. The quantitative estimate of drug-likeness (QED) is 0.586. The molecule has 176 valence electrons. The van der Waals surface area contributed by atoms with E-state index in [0.717, 1.165) is 11.9 Å². The molecule has 8 nitrogen and oxygen atoms in total. The highest BCUT2D eigenvalue weighted by Gasteiger charge is 2.32. The third-order valence-electron chi connectivity index (χ3n) is 6.35. The number of hydrogen-bond acceptors (Lipinski definition) is 5. The van der Waals surface area contributed by atoms with E-state index in [1.165, 1.54) is 10.4 Å². The predicted molar refractivity (Wildman–Crippen MR) is 124 cm³/mol. The number of piperidine rings is 1. The van der Waals surface area contributed by atoms with Crippen LogP contribution in [0.1, 0.15) is 44.7 Å². The van der Waals surface area contributed by atoms with E-state index < -0.39 is 10.0 Å². The van der Waals surface area contributed by atoms with Crippen LogP contribution in [0.15, 0.2) is 41.3 Å². The van der Waals surface area contributed by atoms with Crippen molar-refractivity contribution in [3.63, 3.8) is 0 Å². The molecule has 33 heavy (non-hydrogen) atoms. The normalized spacial score (nSPS) is 16.7. The summed E-state index contributed by atoms with van der Waals surface area (Å²) in [5, 5.41) is 11.0. The summed E-state index contributed by atoms with van der Waals surface area (Å²) in [6, 6.07) is 9.61. The molecule has 0 unspecified atom stereocenters. The van der Waals surface area contributed by atoms with Gasteiger partial charge in [0, 0.05) is 24.7 Å². The van der Waals surface area contributed by atoms with E-state index in [4.69, 9.17) is 0 Å². The molecular formula is C23H28FN5O3S. The van der Waals surface area contributed by atoms with E-state index in [9.17, 15) is 17.6 Å². The highest BCUT2D eigenvalue weighted by Crippen LogP contribution is 2.27. The number of amides is 1. The number of carbonyl (C=O) groups is 1. The minimum atomic E-state index is -3.71. The number of hydrogen-bond donors (Lipinski definition) is 1. The molecule has 0 bridgehead atoms. The summed E-state index contributed by atoms with van der Waals surface area (Å²) in [7, 11) is -3.71. The molecule has 0 aliphatic carbocycles. The lowest BCUT2D eigenvalue weighted by atomic mass is 9.97. The summed E-state index contributed by atoms with van der Waals surface area (Å²) in [4.78, 5) is 12.8. The van der Waals surface area contributed by atoms with Gasteiger partial charge in [-0.25, -0.2) is 17.5 Å². The van der Waals surface area contributed by atoms with Crippen LogP contribution >= 0.6 is 0 Å². The lowest BCUT2D eigenvalue weighted by Gasteiger charge is -2.30. The highest BCUT2D eigenvalue weighted by atomic mass is 32.2. The van der Waals surface area contributed by atoms with Gasteiger partial charge in [0.25, 0.3) is 0 Å². The van der Waals surface area contributed by atoms with Gasteiger partial charge >= 0.3 is 0 Å². The Hall–Kier alpha value is -2.85. The molecule has 10 heteroatoms. The zero-order valence-corrected chi connectivity index (χ0v) is 19.8. The maximum Gasteiger partial charge on any atom is 0.243 e. The van der Waals surface area contributed by atoms with Crippen molar-refractivity contribution in [2.45, 2.75) is 51.0 Å². The van der Waals surface area contributed by atoms with Gasteiger partial charge in [-0.15, -0.1) is 5.10 Å². The summed E-state index contributed by atoms with van der Waals surface area (Å²) >= 11 is 0. The van der Waals surface area contributed by atoms with E-state index in [0.29, 0.717) is 29.6 Å². The Morgan fingerprint density at radius 3 is 2.61 bits per heavy atom. The number of sulfonamides is 1. The number of benzene rings is 2. The van der Waals surface area contributed by atoms with E-state index in [-0.39, 0.29) is 41.7 Å². The number of anilines is 1. The average molecular weight is 474 g/mol. The molecule has 2 aromatic carbocycles. The SMILES string of the molecule is CC[C@@H](C)n1nnc2cc(S(=O)(=O)N3CCC(C(=O)Nc4ccc(C)c(F)c4)CC3)ccc21. The van der Waals surface area contributed by atoms with Crippen LogP contribution < -0.4 is 5.32 Å². The Labute approximate surface area is 192 Å². The van der Waals surface area contributed by atoms with Gasteiger partial charge < -0.3 is 5.32 Å². The lowest BCUT2D eigenvalue weighted by molar-refractivity contribution is -0.120. The Morgan fingerprint density at radius 1 is 1.21 bits per heavy atom. The van der Waals surface area contributed by atoms with Gasteiger partial charge in [0.05, 0.1) is 16.5 Å². The van der Waals surface area contributed by atoms with Gasteiger partial charge in [0.1, 0.15) is 11.3 Å². The van der Waals surface area contributed by atoms with Crippen molar-refractivity contribution >= 4 is 32.7 Å². The Morgan fingerprint density at radius 2 is 1.94 bits per heavy atom. The molecule has 0 radical (unpaired) electrons. The van der Waals surface area contributed by atoms with Crippen molar-refractivity contribution < 1.29 is 17.6 Å². The molecule has 1 N–H and O–H groups in total. The molecule has 1 aliphatic rings. The number of nitrogens with one attached hydrogen (secondary N) is 1. The third kappa shape index (κ3) is 4.63. The largest absolute Gasteiger partial charge is 0.326 e. The number of fused-ring (bicyclic) bond motifs is 1. The second-order valence-corrected chi connectivity index (χ2v) is 10.5. The van der Waals surface area contributed by atoms with Crippen LogP contribution in [0.5, 0.6) is 0 Å². The summed E-state index contributed by atoms with van der Waals surface area (Å²) in [6.45, 7) is 6.22. The first-order valence-corrected chi connectivity index (χ1v) is 12.6. The summed E-state index contributed by atoms with van der Waals surface area (Å²) in [5.74, 6) is -0.938. The van der Waals surface area contributed by atoms with Crippen LogP contribution in [0.3, 0.4) is 0 Å². The van der Waals surface area contributed by atoms with Crippen molar-refractivity contribution in [1.82, 2.24) is 19.3 Å². The smallest absolute Gasteiger partial charge is 0.243 e. The number of halogens is 1. The van der Waals surface area contributed by atoms with E-state index in [2.05, 4.69) is 22.6 Å². The van der Waals surface area contributed by atoms with Crippen molar-refractivity contribution in [3.8, 4) is 0 Å². The number of carbonyl (C=O) groups excluding carboxylic acids is 1. The minimum absolute atomic E-state index is 0.166. The first-order valence-electron chi connectivity index (χ1n) is 11.1. The van der Waals surface area contributed by atoms with Crippen LogP contribution in [0.2, 0.25) is 0 Å². The number of nitrogens with zero attached hydrogens (tertiary/aromatic N) is 4. The molecule has 3 aromatic rings.